The van der Waals surface area contributed by atoms with Crippen molar-refractivity contribution >= 4 is 45.9 Å². The summed E-state index contributed by atoms with van der Waals surface area (Å²) in [6, 6.07) is 2.20. The summed E-state index contributed by atoms with van der Waals surface area (Å²) in [4.78, 5) is 20.2. The van der Waals surface area contributed by atoms with Crippen molar-refractivity contribution in [2.24, 2.45) is 21.5 Å². The number of alkyl halides is 3. The molecule has 1 aromatic rings. The fraction of sp³-hybridized carbons (Fsp3) is 0.467. The minimum absolute atomic E-state index is 0.123. The number of nitro benzene ring substituents is 1. The van der Waals surface area contributed by atoms with Gasteiger partial charge in [0, 0.05) is 9.64 Å². The highest BCUT2D eigenvalue weighted by atomic mass is 127. The van der Waals surface area contributed by atoms with Gasteiger partial charge in [-0.25, -0.2) is 4.99 Å². The smallest absolute Gasteiger partial charge is 0.403 e. The van der Waals surface area contributed by atoms with E-state index in [1.165, 1.54) is 0 Å². The molecule has 2 aliphatic rings. The summed E-state index contributed by atoms with van der Waals surface area (Å²) in [5.41, 5.74) is 9.55. The van der Waals surface area contributed by atoms with E-state index in [1.807, 2.05) is 0 Å². The molecular weight excluding hydrogens is 496 g/mol. The number of hydrogen-bond donors (Lipinski definition) is 2. The largest absolute Gasteiger partial charge is 0.573 e. The van der Waals surface area contributed by atoms with Gasteiger partial charge in [-0.05, 0) is 54.3 Å². The molecule has 0 saturated heterocycles. The third kappa shape index (κ3) is 3.93. The summed E-state index contributed by atoms with van der Waals surface area (Å²) >= 11 is 1.68. The Kier molecular flexibility index (Phi) is 5.29. The number of guanidine groups is 2. The maximum Gasteiger partial charge on any atom is 0.573 e. The Morgan fingerprint density at radius 2 is 1.89 bits per heavy atom. The Morgan fingerprint density at radius 3 is 2.46 bits per heavy atom. The second kappa shape index (κ2) is 7.25. The van der Waals surface area contributed by atoms with E-state index in [0.29, 0.717) is 25.7 Å². The normalized spacial score (nSPS) is 19.2. The molecule has 0 aromatic heterocycles. The van der Waals surface area contributed by atoms with Crippen LogP contribution < -0.4 is 21.1 Å². The van der Waals surface area contributed by atoms with Crippen molar-refractivity contribution in [3.63, 3.8) is 0 Å². The molecule has 1 fully saturated rings. The van der Waals surface area contributed by atoms with Gasteiger partial charge in [0.1, 0.15) is 5.66 Å². The molecule has 9 nitrogen and oxygen atoms in total. The Balaban J connectivity index is 2.27. The fourth-order valence-electron chi connectivity index (χ4n) is 3.57. The van der Waals surface area contributed by atoms with Gasteiger partial charge in [0.05, 0.1) is 4.92 Å². The van der Waals surface area contributed by atoms with Crippen LogP contribution in [0, 0.1) is 13.7 Å². The van der Waals surface area contributed by atoms with E-state index in [0.717, 1.165) is 23.5 Å². The number of aliphatic imine (C=N–C) groups is 2. The minimum atomic E-state index is -5.06. The Hall–Kier alpha value is -2.32. The van der Waals surface area contributed by atoms with Crippen molar-refractivity contribution < 1.29 is 22.8 Å². The maximum absolute atomic E-state index is 13.0. The van der Waals surface area contributed by atoms with Gasteiger partial charge >= 0.3 is 6.36 Å². The summed E-state index contributed by atoms with van der Waals surface area (Å²) < 4.78 is 43.4. The molecule has 1 saturated carbocycles. The molecule has 0 atom stereocenters. The number of rotatable bonds is 3. The third-order valence-electron chi connectivity index (χ3n) is 4.52. The van der Waals surface area contributed by atoms with Gasteiger partial charge in [-0.15, -0.1) is 13.2 Å². The molecule has 1 aromatic carbocycles. The first-order valence-electron chi connectivity index (χ1n) is 8.26. The molecule has 0 bridgehead atoms. The molecule has 0 radical (unpaired) electrons. The lowest BCUT2D eigenvalue weighted by Crippen LogP contribution is -2.58. The number of ether oxygens (including phenoxy) is 1. The lowest BCUT2D eigenvalue weighted by molar-refractivity contribution is -0.384. The van der Waals surface area contributed by atoms with Crippen molar-refractivity contribution in [2.45, 2.75) is 44.1 Å². The third-order valence-corrected chi connectivity index (χ3v) is 5.14. The first-order valence-corrected chi connectivity index (χ1v) is 9.34. The summed E-state index contributed by atoms with van der Waals surface area (Å²) in [5.74, 6) is -1.14. The van der Waals surface area contributed by atoms with E-state index in [4.69, 9.17) is 11.5 Å². The summed E-state index contributed by atoms with van der Waals surface area (Å²) in [6.07, 6.45) is -1.96. The lowest BCUT2D eigenvalue weighted by atomic mass is 9.87. The average molecular weight is 512 g/mol. The molecule has 1 heterocycles. The Bertz CT molecular complexity index is 867. The second-order valence-corrected chi connectivity index (χ2v) is 7.64. The van der Waals surface area contributed by atoms with E-state index in [9.17, 15) is 23.3 Å². The van der Waals surface area contributed by atoms with E-state index in [2.05, 4.69) is 14.7 Å². The Labute approximate surface area is 170 Å². The van der Waals surface area contributed by atoms with Crippen molar-refractivity contribution in [1.29, 1.82) is 0 Å². The second-order valence-electron chi connectivity index (χ2n) is 6.40. The predicted molar refractivity (Wildman–Crippen MR) is 104 cm³/mol. The van der Waals surface area contributed by atoms with Gasteiger partial charge in [0.25, 0.3) is 5.69 Å². The highest BCUT2D eigenvalue weighted by molar-refractivity contribution is 14.1. The molecular formula is C15H16F3IN6O3. The van der Waals surface area contributed by atoms with Crippen LogP contribution in [0.1, 0.15) is 32.1 Å². The number of nitrogens with two attached hydrogens (primary N) is 2. The van der Waals surface area contributed by atoms with Crippen molar-refractivity contribution in [1.82, 2.24) is 0 Å². The fourth-order valence-corrected chi connectivity index (χ4v) is 4.15. The van der Waals surface area contributed by atoms with Gasteiger partial charge in [0.2, 0.25) is 11.9 Å². The standard InChI is InChI=1S/C15H16F3IN6O3/c16-15(17,18)28-10-7-8(19)6-9(25(26)27)11(10)24-13(21)22-12(20)23-14(24)4-2-1-3-5-14/h6-7H,1-5H2,(H4,20,21,22,23). The van der Waals surface area contributed by atoms with Crippen molar-refractivity contribution in [3.8, 4) is 5.75 Å². The summed E-state index contributed by atoms with van der Waals surface area (Å²) in [6.45, 7) is 0. The van der Waals surface area contributed by atoms with E-state index < -0.39 is 34.1 Å². The van der Waals surface area contributed by atoms with Crippen LogP contribution in [0.5, 0.6) is 5.75 Å². The number of nitro groups is 1. The average Bonchev–Trinajstić information content (AvgIpc) is 2.54. The predicted octanol–water partition coefficient (Wildman–Crippen LogP) is 3.21. The molecule has 152 valence electrons. The van der Waals surface area contributed by atoms with Crippen molar-refractivity contribution in [2.75, 3.05) is 4.90 Å². The first-order chi connectivity index (χ1) is 13.0. The van der Waals surface area contributed by atoms with Gasteiger partial charge < -0.3 is 16.2 Å². The zero-order chi connectivity index (χ0) is 20.7. The van der Waals surface area contributed by atoms with Crippen LogP contribution >= 0.6 is 22.6 Å². The molecule has 1 aliphatic heterocycles. The molecule has 0 unspecified atom stereocenters. The summed E-state index contributed by atoms with van der Waals surface area (Å²) in [5, 5.41) is 11.7. The van der Waals surface area contributed by atoms with E-state index in [-0.39, 0.29) is 15.5 Å². The minimum Gasteiger partial charge on any atom is -0.403 e. The van der Waals surface area contributed by atoms with Crippen LogP contribution in [0.25, 0.3) is 0 Å². The highest BCUT2D eigenvalue weighted by Crippen LogP contribution is 2.48. The number of benzene rings is 1. The van der Waals surface area contributed by atoms with Gasteiger partial charge in [-0.1, -0.05) is 6.42 Å². The van der Waals surface area contributed by atoms with Crippen LogP contribution in [0.4, 0.5) is 24.5 Å². The molecule has 3 rings (SSSR count). The first kappa shape index (κ1) is 20.4. The maximum atomic E-state index is 13.0. The molecule has 1 spiro atoms. The molecule has 0 amide bonds. The number of hydrogen-bond acceptors (Lipinski definition) is 8. The SMILES string of the molecule is NC1=NC2(CCCCC2)N(c2c(OC(F)(F)F)cc(I)cc2[N+](=O)[O-])C(N)=N1. The molecule has 4 N–H and O–H groups in total. The molecule has 13 heteroatoms. The zero-order valence-electron chi connectivity index (χ0n) is 14.4. The number of anilines is 1. The van der Waals surface area contributed by atoms with Gasteiger partial charge in [0.15, 0.2) is 11.4 Å². The lowest BCUT2D eigenvalue weighted by Gasteiger charge is -2.45. The van der Waals surface area contributed by atoms with Gasteiger partial charge in [-0.2, -0.15) is 4.99 Å². The van der Waals surface area contributed by atoms with Crippen LogP contribution in [0.3, 0.4) is 0 Å². The number of nitrogens with zero attached hydrogens (tertiary/aromatic N) is 4. The summed E-state index contributed by atoms with van der Waals surface area (Å²) in [7, 11) is 0. The zero-order valence-corrected chi connectivity index (χ0v) is 16.5. The molecule has 28 heavy (non-hydrogen) atoms. The number of halogens is 4. The van der Waals surface area contributed by atoms with Crippen molar-refractivity contribution in [3.05, 3.63) is 25.8 Å². The monoisotopic (exact) mass is 512 g/mol. The topological polar surface area (TPSA) is 132 Å². The van der Waals surface area contributed by atoms with Gasteiger partial charge in [-0.3, -0.25) is 15.0 Å². The van der Waals surface area contributed by atoms with Crippen LogP contribution in [0.15, 0.2) is 22.1 Å². The highest BCUT2D eigenvalue weighted by Gasteiger charge is 2.47. The quantitative estimate of drug-likeness (QED) is 0.363. The van der Waals surface area contributed by atoms with Crippen LogP contribution in [0.2, 0.25) is 0 Å². The van der Waals surface area contributed by atoms with Crippen LogP contribution in [-0.4, -0.2) is 28.9 Å². The molecule has 1 aliphatic carbocycles. The Morgan fingerprint density at radius 1 is 1.25 bits per heavy atom. The van der Waals surface area contributed by atoms with E-state index >= 15 is 0 Å². The van der Waals surface area contributed by atoms with Crippen LogP contribution in [-0.2, 0) is 0 Å². The van der Waals surface area contributed by atoms with E-state index in [1.54, 1.807) is 22.6 Å².